The minimum absolute atomic E-state index is 0.0415. The van der Waals surface area contributed by atoms with Gasteiger partial charge >= 0.3 is 0 Å². The van der Waals surface area contributed by atoms with Gasteiger partial charge in [0.2, 0.25) is 5.91 Å². The predicted molar refractivity (Wildman–Crippen MR) is 109 cm³/mol. The first-order valence-corrected chi connectivity index (χ1v) is 10.2. The van der Waals surface area contributed by atoms with Gasteiger partial charge in [0.1, 0.15) is 11.5 Å². The van der Waals surface area contributed by atoms with Crippen LogP contribution in [0, 0.1) is 11.8 Å². The van der Waals surface area contributed by atoms with Gasteiger partial charge in [-0.3, -0.25) is 10.2 Å². The second-order valence-corrected chi connectivity index (χ2v) is 7.96. The third-order valence-electron chi connectivity index (χ3n) is 6.33. The van der Waals surface area contributed by atoms with E-state index in [-0.39, 0.29) is 23.8 Å². The van der Waals surface area contributed by atoms with Crippen molar-refractivity contribution >= 4 is 11.4 Å². The molecule has 1 amide bonds. The maximum absolute atomic E-state index is 12.3. The monoisotopic (exact) mass is 391 g/mol. The Hall–Kier alpha value is -2.90. The Kier molecular flexibility index (Phi) is 4.69. The molecule has 29 heavy (non-hydrogen) atoms. The number of benzene rings is 1. The highest BCUT2D eigenvalue weighted by molar-refractivity contribution is 5.79. The SMILES string of the molecule is NCC1NNC(=O)C2CCC(c3cnn4ccc(Oc5ccccc5)cc34)CC12. The number of nitrogens with one attached hydrogen (secondary N) is 2. The smallest absolute Gasteiger partial charge is 0.237 e. The molecule has 0 bridgehead atoms. The van der Waals surface area contributed by atoms with Crippen LogP contribution in [0.25, 0.3) is 5.52 Å². The summed E-state index contributed by atoms with van der Waals surface area (Å²) in [6.45, 7) is 0.512. The molecule has 3 heterocycles. The van der Waals surface area contributed by atoms with Gasteiger partial charge in [-0.1, -0.05) is 18.2 Å². The van der Waals surface area contributed by atoms with Gasteiger partial charge in [0, 0.05) is 36.3 Å². The van der Waals surface area contributed by atoms with E-state index in [0.29, 0.717) is 12.5 Å². The highest BCUT2D eigenvalue weighted by Gasteiger charge is 2.42. The van der Waals surface area contributed by atoms with E-state index in [1.54, 1.807) is 0 Å². The number of para-hydroxylation sites is 1. The Morgan fingerprint density at radius 3 is 2.86 bits per heavy atom. The molecule has 2 fully saturated rings. The average Bonchev–Trinajstić information content (AvgIpc) is 3.18. The van der Waals surface area contributed by atoms with Crippen molar-refractivity contribution in [1.82, 2.24) is 20.5 Å². The van der Waals surface area contributed by atoms with Gasteiger partial charge < -0.3 is 10.5 Å². The van der Waals surface area contributed by atoms with E-state index in [1.807, 2.05) is 59.4 Å². The Balaban J connectivity index is 1.42. The van der Waals surface area contributed by atoms with Crippen LogP contribution in [0.15, 0.2) is 54.9 Å². The van der Waals surface area contributed by atoms with Crippen molar-refractivity contribution in [1.29, 1.82) is 0 Å². The Labute approximate surface area is 169 Å². The molecule has 1 aliphatic carbocycles. The van der Waals surface area contributed by atoms with Crippen molar-refractivity contribution in [3.05, 3.63) is 60.4 Å². The fourth-order valence-electron chi connectivity index (χ4n) is 4.84. The number of hydrogen-bond donors (Lipinski definition) is 3. The lowest BCUT2D eigenvalue weighted by Gasteiger charge is -2.43. The highest BCUT2D eigenvalue weighted by atomic mass is 16.5. The first kappa shape index (κ1) is 18.1. The van der Waals surface area contributed by atoms with Crippen LogP contribution in [0.2, 0.25) is 0 Å². The van der Waals surface area contributed by atoms with Crippen LogP contribution in [-0.4, -0.2) is 28.1 Å². The van der Waals surface area contributed by atoms with Gasteiger partial charge in [-0.05, 0) is 49.3 Å². The average molecular weight is 391 g/mol. The van der Waals surface area contributed by atoms with E-state index >= 15 is 0 Å². The van der Waals surface area contributed by atoms with Crippen LogP contribution >= 0.6 is 0 Å². The number of nitrogens with zero attached hydrogens (tertiary/aromatic N) is 2. The number of carbonyl (C=O) groups excluding carboxylic acids is 1. The molecule has 1 saturated heterocycles. The van der Waals surface area contributed by atoms with Crippen molar-refractivity contribution in [2.45, 2.75) is 31.2 Å². The van der Waals surface area contributed by atoms with Crippen molar-refractivity contribution in [3.63, 3.8) is 0 Å². The second-order valence-electron chi connectivity index (χ2n) is 7.96. The predicted octanol–water partition coefficient (Wildman–Crippen LogP) is 2.59. The van der Waals surface area contributed by atoms with Crippen LogP contribution in [0.5, 0.6) is 11.5 Å². The molecule has 7 heteroatoms. The van der Waals surface area contributed by atoms with Gasteiger partial charge in [0.15, 0.2) is 0 Å². The molecule has 4 unspecified atom stereocenters. The van der Waals surface area contributed by atoms with E-state index in [9.17, 15) is 4.79 Å². The summed E-state index contributed by atoms with van der Waals surface area (Å²) in [6.07, 6.45) is 6.66. The minimum atomic E-state index is 0.0415. The van der Waals surface area contributed by atoms with Crippen LogP contribution < -0.4 is 21.3 Å². The zero-order valence-electron chi connectivity index (χ0n) is 16.1. The Morgan fingerprint density at radius 1 is 1.17 bits per heavy atom. The van der Waals surface area contributed by atoms with Gasteiger partial charge in [0.25, 0.3) is 0 Å². The van der Waals surface area contributed by atoms with Crippen LogP contribution in [0.3, 0.4) is 0 Å². The molecule has 4 atom stereocenters. The summed E-state index contributed by atoms with van der Waals surface area (Å²) in [5.74, 6) is 2.33. The van der Waals surface area contributed by atoms with Crippen molar-refractivity contribution in [3.8, 4) is 11.5 Å². The fraction of sp³-hybridized carbons (Fsp3) is 0.364. The highest BCUT2D eigenvalue weighted by Crippen LogP contribution is 2.43. The van der Waals surface area contributed by atoms with Gasteiger partial charge in [-0.15, -0.1) is 0 Å². The van der Waals surface area contributed by atoms with Crippen molar-refractivity contribution in [2.75, 3.05) is 6.54 Å². The third-order valence-corrected chi connectivity index (χ3v) is 6.33. The minimum Gasteiger partial charge on any atom is -0.457 e. The standard InChI is InChI=1S/C22H25N5O2/c23-12-20-18-10-14(6-7-17(18)22(28)26-25-20)19-13-24-27-9-8-16(11-21(19)27)29-15-4-2-1-3-5-15/h1-5,8-9,11,13-14,17-18,20,25H,6-7,10,12,23H2,(H,26,28). The van der Waals surface area contributed by atoms with Crippen LogP contribution in [0.4, 0.5) is 0 Å². The van der Waals surface area contributed by atoms with Crippen molar-refractivity contribution < 1.29 is 9.53 Å². The molecular weight excluding hydrogens is 366 g/mol. The Bertz CT molecular complexity index is 1020. The molecule has 0 spiro atoms. The maximum Gasteiger partial charge on any atom is 0.237 e. The van der Waals surface area contributed by atoms with Crippen molar-refractivity contribution in [2.24, 2.45) is 17.6 Å². The van der Waals surface area contributed by atoms with Crippen LogP contribution in [0.1, 0.15) is 30.7 Å². The molecule has 4 N–H and O–H groups in total. The molecule has 1 aromatic carbocycles. The number of nitrogens with two attached hydrogens (primary N) is 1. The molecule has 1 saturated carbocycles. The molecule has 2 aliphatic rings. The summed E-state index contributed by atoms with van der Waals surface area (Å²) in [5, 5.41) is 4.54. The summed E-state index contributed by atoms with van der Waals surface area (Å²) in [5.41, 5.74) is 14.1. The lowest BCUT2D eigenvalue weighted by molar-refractivity contribution is -0.133. The van der Waals surface area contributed by atoms with E-state index in [4.69, 9.17) is 10.5 Å². The summed E-state index contributed by atoms with van der Waals surface area (Å²) >= 11 is 0. The lowest BCUT2D eigenvalue weighted by atomic mass is 9.68. The molecule has 2 aromatic heterocycles. The number of ether oxygens (including phenoxy) is 1. The normalized spacial score (nSPS) is 26.7. The van der Waals surface area contributed by atoms with Gasteiger partial charge in [0.05, 0.1) is 11.7 Å². The Morgan fingerprint density at radius 2 is 2.03 bits per heavy atom. The zero-order valence-corrected chi connectivity index (χ0v) is 16.1. The number of hydrogen-bond acceptors (Lipinski definition) is 5. The lowest BCUT2D eigenvalue weighted by Crippen LogP contribution is -2.62. The number of hydrazine groups is 1. The first-order valence-electron chi connectivity index (χ1n) is 10.2. The quantitative estimate of drug-likeness (QED) is 0.636. The zero-order chi connectivity index (χ0) is 19.8. The molecule has 3 aromatic rings. The fourth-order valence-corrected chi connectivity index (χ4v) is 4.84. The number of aromatic nitrogens is 2. The van der Waals surface area contributed by atoms with E-state index in [2.05, 4.69) is 16.0 Å². The molecule has 150 valence electrons. The maximum atomic E-state index is 12.3. The van der Waals surface area contributed by atoms with E-state index < -0.39 is 0 Å². The number of amides is 1. The topological polar surface area (TPSA) is 93.7 Å². The molecular formula is C22H25N5O2. The first-order chi connectivity index (χ1) is 14.2. The number of pyridine rings is 1. The molecule has 1 aliphatic heterocycles. The molecule has 7 nitrogen and oxygen atoms in total. The summed E-state index contributed by atoms with van der Waals surface area (Å²) in [6, 6.07) is 13.8. The van der Waals surface area contributed by atoms with Gasteiger partial charge in [-0.2, -0.15) is 5.10 Å². The third kappa shape index (κ3) is 3.36. The summed E-state index contributed by atoms with van der Waals surface area (Å²) in [7, 11) is 0. The number of carbonyl (C=O) groups is 1. The molecule has 0 radical (unpaired) electrons. The second kappa shape index (κ2) is 7.50. The number of fused-ring (bicyclic) bond motifs is 2. The summed E-state index contributed by atoms with van der Waals surface area (Å²) < 4.78 is 7.91. The van der Waals surface area contributed by atoms with Crippen LogP contribution in [-0.2, 0) is 4.79 Å². The van der Waals surface area contributed by atoms with Gasteiger partial charge in [-0.25, -0.2) is 9.94 Å². The largest absolute Gasteiger partial charge is 0.457 e. The van der Waals surface area contributed by atoms with E-state index in [1.165, 1.54) is 5.56 Å². The molecule has 5 rings (SSSR count). The number of rotatable bonds is 4. The van der Waals surface area contributed by atoms with E-state index in [0.717, 1.165) is 36.3 Å². The summed E-state index contributed by atoms with van der Waals surface area (Å²) in [4.78, 5) is 12.3.